The number of hydrogen-bond donors (Lipinski definition) is 1. The van der Waals surface area contributed by atoms with Crippen LogP contribution in [0.2, 0.25) is 0 Å². The maximum Gasteiger partial charge on any atom is 0.331 e. The highest BCUT2D eigenvalue weighted by atomic mass is 16.5. The van der Waals surface area contributed by atoms with Crippen molar-refractivity contribution in [2.75, 3.05) is 13.2 Å². The van der Waals surface area contributed by atoms with Gasteiger partial charge < -0.3 is 19.2 Å². The second-order valence-electron chi connectivity index (χ2n) is 8.88. The van der Waals surface area contributed by atoms with Gasteiger partial charge >= 0.3 is 5.97 Å². The standard InChI is InChI=1S/C27H34N2O5/c1-4-5-6-10-25(30)29-15-13-20-11-12-22(17-23(20)26(29)27(31)32)33-16-14-21-18-34-24(28-21)9-7-8-19(2)3/h6-7,9-12,17-19,26H,4-5,8,13-16H2,1-3H3,(H,31,32). The van der Waals surface area contributed by atoms with Crippen molar-refractivity contribution in [1.29, 1.82) is 0 Å². The first-order valence-corrected chi connectivity index (χ1v) is 12.0. The molecule has 1 atom stereocenters. The SMILES string of the molecule is CCCC=CC(=O)N1CCc2ccc(OCCc3coc(C=CCC(C)C)n3)cc2C1C(=O)O. The Hall–Kier alpha value is -3.35. The Morgan fingerprint density at radius 2 is 2.15 bits per heavy atom. The molecule has 3 rings (SSSR count). The molecule has 7 nitrogen and oxygen atoms in total. The average molecular weight is 467 g/mol. The van der Waals surface area contributed by atoms with E-state index in [-0.39, 0.29) is 5.91 Å². The quantitative estimate of drug-likeness (QED) is 0.456. The first-order chi connectivity index (χ1) is 16.4. The van der Waals surface area contributed by atoms with E-state index in [2.05, 4.69) is 24.9 Å². The predicted octanol–water partition coefficient (Wildman–Crippen LogP) is 5.22. The van der Waals surface area contributed by atoms with Crippen LogP contribution in [0.5, 0.6) is 5.75 Å². The van der Waals surface area contributed by atoms with Crippen LogP contribution in [0.3, 0.4) is 0 Å². The van der Waals surface area contributed by atoms with Crippen molar-refractivity contribution in [3.05, 3.63) is 65.4 Å². The molecule has 182 valence electrons. The number of aliphatic carboxylic acids is 1. The van der Waals surface area contributed by atoms with Crippen LogP contribution in [0.25, 0.3) is 6.08 Å². The molecule has 1 amide bonds. The van der Waals surface area contributed by atoms with Crippen LogP contribution < -0.4 is 4.74 Å². The molecule has 0 spiro atoms. The van der Waals surface area contributed by atoms with E-state index in [1.807, 2.05) is 25.1 Å². The molecule has 0 fully saturated rings. The molecule has 1 unspecified atom stereocenters. The Morgan fingerprint density at radius 3 is 2.88 bits per heavy atom. The fourth-order valence-electron chi connectivity index (χ4n) is 3.86. The van der Waals surface area contributed by atoms with Crippen LogP contribution in [0.4, 0.5) is 0 Å². The second-order valence-corrected chi connectivity index (χ2v) is 8.88. The lowest BCUT2D eigenvalue weighted by molar-refractivity contribution is -0.149. The summed E-state index contributed by atoms with van der Waals surface area (Å²) in [6.07, 6.45) is 12.7. The van der Waals surface area contributed by atoms with E-state index in [0.717, 1.165) is 30.5 Å². The number of amides is 1. The third kappa shape index (κ3) is 6.83. The maximum atomic E-state index is 12.6. The van der Waals surface area contributed by atoms with Gasteiger partial charge in [-0.25, -0.2) is 9.78 Å². The molecule has 1 aliphatic heterocycles. The smallest absolute Gasteiger partial charge is 0.331 e. The molecule has 0 saturated carbocycles. The number of oxazole rings is 1. The number of benzene rings is 1. The lowest BCUT2D eigenvalue weighted by Gasteiger charge is -2.34. The summed E-state index contributed by atoms with van der Waals surface area (Å²) < 4.78 is 11.4. The van der Waals surface area contributed by atoms with Gasteiger partial charge in [0.2, 0.25) is 11.8 Å². The van der Waals surface area contributed by atoms with Crippen molar-refractivity contribution < 1.29 is 23.8 Å². The molecule has 34 heavy (non-hydrogen) atoms. The highest BCUT2D eigenvalue weighted by molar-refractivity contribution is 5.92. The first-order valence-electron chi connectivity index (χ1n) is 12.0. The van der Waals surface area contributed by atoms with Gasteiger partial charge in [0, 0.05) is 13.0 Å². The summed E-state index contributed by atoms with van der Waals surface area (Å²) in [5, 5.41) is 9.90. The summed E-state index contributed by atoms with van der Waals surface area (Å²) >= 11 is 0. The van der Waals surface area contributed by atoms with Gasteiger partial charge in [-0.1, -0.05) is 45.4 Å². The van der Waals surface area contributed by atoms with Gasteiger partial charge in [-0.15, -0.1) is 0 Å². The number of unbranched alkanes of at least 4 members (excludes halogenated alkanes) is 1. The Morgan fingerprint density at radius 1 is 1.32 bits per heavy atom. The summed E-state index contributed by atoms with van der Waals surface area (Å²) in [6.45, 7) is 7.09. The number of aromatic nitrogens is 1. The minimum absolute atomic E-state index is 0.276. The van der Waals surface area contributed by atoms with Gasteiger partial charge in [-0.3, -0.25) is 4.79 Å². The molecule has 1 aromatic carbocycles. The van der Waals surface area contributed by atoms with E-state index in [0.29, 0.717) is 49.1 Å². The number of carbonyl (C=O) groups is 2. The molecule has 1 aliphatic rings. The predicted molar refractivity (Wildman–Crippen MR) is 130 cm³/mol. The molecule has 0 radical (unpaired) electrons. The van der Waals surface area contributed by atoms with Crippen molar-refractivity contribution in [3.63, 3.8) is 0 Å². The van der Waals surface area contributed by atoms with Crippen molar-refractivity contribution in [2.45, 2.75) is 58.9 Å². The lowest BCUT2D eigenvalue weighted by atomic mass is 9.92. The molecule has 0 aliphatic carbocycles. The number of fused-ring (bicyclic) bond motifs is 1. The van der Waals surface area contributed by atoms with Crippen LogP contribution in [0, 0.1) is 5.92 Å². The van der Waals surface area contributed by atoms with Crippen molar-refractivity contribution in [2.24, 2.45) is 5.92 Å². The number of hydrogen-bond acceptors (Lipinski definition) is 5. The molecule has 1 aromatic heterocycles. The normalized spacial score (nSPS) is 15.9. The molecule has 2 heterocycles. The molecule has 0 bridgehead atoms. The van der Waals surface area contributed by atoms with Crippen LogP contribution in [0.1, 0.15) is 68.8 Å². The molecule has 7 heteroatoms. The summed E-state index contributed by atoms with van der Waals surface area (Å²) in [5.74, 6) is 0.407. The average Bonchev–Trinajstić information content (AvgIpc) is 3.25. The first kappa shape index (κ1) is 25.3. The van der Waals surface area contributed by atoms with Gasteiger partial charge in [0.05, 0.1) is 12.3 Å². The molecular formula is C27H34N2O5. The lowest BCUT2D eigenvalue weighted by Crippen LogP contribution is -2.42. The number of rotatable bonds is 11. The number of nitrogens with zero attached hydrogens (tertiary/aromatic N) is 2. The summed E-state index contributed by atoms with van der Waals surface area (Å²) in [7, 11) is 0. The number of carbonyl (C=O) groups excluding carboxylic acids is 1. The largest absolute Gasteiger partial charge is 0.493 e. The van der Waals surface area contributed by atoms with Gasteiger partial charge in [0.25, 0.3) is 0 Å². The number of ether oxygens (including phenoxy) is 1. The van der Waals surface area contributed by atoms with E-state index in [1.54, 1.807) is 18.4 Å². The van der Waals surface area contributed by atoms with Crippen molar-refractivity contribution in [3.8, 4) is 5.75 Å². The fourth-order valence-corrected chi connectivity index (χ4v) is 3.86. The Bertz CT molecular complexity index is 1040. The molecule has 2 aromatic rings. The van der Waals surface area contributed by atoms with E-state index >= 15 is 0 Å². The second kappa shape index (κ2) is 12.2. The summed E-state index contributed by atoms with van der Waals surface area (Å²) in [4.78, 5) is 30.6. The van der Waals surface area contributed by atoms with Crippen LogP contribution >= 0.6 is 0 Å². The Balaban J connectivity index is 1.64. The zero-order chi connectivity index (χ0) is 24.5. The van der Waals surface area contributed by atoms with Crippen molar-refractivity contribution in [1.82, 2.24) is 9.88 Å². The van der Waals surface area contributed by atoms with Gasteiger partial charge in [-0.2, -0.15) is 0 Å². The van der Waals surface area contributed by atoms with Crippen LogP contribution in [-0.4, -0.2) is 40.0 Å². The molecular weight excluding hydrogens is 432 g/mol. The van der Waals surface area contributed by atoms with Gasteiger partial charge in [0.15, 0.2) is 6.04 Å². The van der Waals surface area contributed by atoms with E-state index in [1.165, 1.54) is 11.0 Å². The third-order valence-electron chi connectivity index (χ3n) is 5.64. The fraction of sp³-hybridized carbons (Fsp3) is 0.444. The van der Waals surface area contributed by atoms with E-state index in [9.17, 15) is 14.7 Å². The summed E-state index contributed by atoms with van der Waals surface area (Å²) in [5.41, 5.74) is 2.32. The maximum absolute atomic E-state index is 12.6. The minimum atomic E-state index is -1.05. The number of carboxylic acid groups (broad SMARTS) is 1. The van der Waals surface area contributed by atoms with E-state index in [4.69, 9.17) is 9.15 Å². The van der Waals surface area contributed by atoms with Crippen LogP contribution in [0.15, 0.2) is 47.1 Å². The van der Waals surface area contributed by atoms with E-state index < -0.39 is 12.0 Å². The highest BCUT2D eigenvalue weighted by Crippen LogP contribution is 2.33. The zero-order valence-electron chi connectivity index (χ0n) is 20.2. The monoisotopic (exact) mass is 466 g/mol. The number of allylic oxidation sites excluding steroid dienone is 2. The molecule has 0 saturated heterocycles. The zero-order valence-corrected chi connectivity index (χ0v) is 20.2. The van der Waals surface area contributed by atoms with Gasteiger partial charge in [0.1, 0.15) is 12.0 Å². The Labute approximate surface area is 201 Å². The van der Waals surface area contributed by atoms with Crippen molar-refractivity contribution >= 4 is 18.0 Å². The third-order valence-corrected chi connectivity index (χ3v) is 5.64. The minimum Gasteiger partial charge on any atom is -0.493 e. The highest BCUT2D eigenvalue weighted by Gasteiger charge is 2.35. The Kier molecular flexibility index (Phi) is 9.08. The number of carboxylic acids is 1. The van der Waals surface area contributed by atoms with Gasteiger partial charge in [-0.05, 0) is 60.6 Å². The molecule has 1 N–H and O–H groups in total. The van der Waals surface area contributed by atoms with Crippen LogP contribution in [-0.2, 0) is 22.4 Å². The topological polar surface area (TPSA) is 92.9 Å². The summed E-state index contributed by atoms with van der Waals surface area (Å²) in [6, 6.07) is 4.45.